The lowest BCUT2D eigenvalue weighted by Crippen LogP contribution is -2.28. The van der Waals surface area contributed by atoms with Crippen LogP contribution in [0.5, 0.6) is 0 Å². The van der Waals surface area contributed by atoms with Crippen LogP contribution in [0.2, 0.25) is 5.02 Å². The van der Waals surface area contributed by atoms with Crippen LogP contribution >= 0.6 is 22.9 Å². The number of thiophene rings is 1. The van der Waals surface area contributed by atoms with Gasteiger partial charge in [0.1, 0.15) is 11.4 Å². The Hall–Kier alpha value is -3.95. The fourth-order valence-corrected chi connectivity index (χ4v) is 4.98. The van der Waals surface area contributed by atoms with Gasteiger partial charge in [0, 0.05) is 10.9 Å². The van der Waals surface area contributed by atoms with Crippen LogP contribution in [0.4, 0.5) is 18.9 Å². The monoisotopic (exact) mass is 539 g/mol. The predicted molar refractivity (Wildman–Crippen MR) is 140 cm³/mol. The smallest absolute Gasteiger partial charge is 0.323 e. The standard InChI is InChI=1S/C27H17ClF3N3O2S/c28-21-11-10-19(27(29,30)31)12-22(21)33-23(35)13-34-15-32-25-24(26(34)36)20(14-37-25)18-8-6-17(7-9-18)16-4-2-1-3-5-16/h1-12,14-15H,13H2,(H,33,35). The number of anilines is 1. The van der Waals surface area contributed by atoms with E-state index in [0.717, 1.165) is 39.5 Å². The van der Waals surface area contributed by atoms with Gasteiger partial charge in [-0.2, -0.15) is 13.2 Å². The Balaban J connectivity index is 1.42. The molecule has 5 aromatic rings. The summed E-state index contributed by atoms with van der Waals surface area (Å²) in [5, 5.41) is 4.50. The van der Waals surface area contributed by atoms with Crippen molar-refractivity contribution in [1.82, 2.24) is 9.55 Å². The molecule has 0 aliphatic rings. The highest BCUT2D eigenvalue weighted by Gasteiger charge is 2.31. The van der Waals surface area contributed by atoms with E-state index in [0.29, 0.717) is 15.8 Å². The summed E-state index contributed by atoms with van der Waals surface area (Å²) < 4.78 is 40.2. The van der Waals surface area contributed by atoms with Gasteiger partial charge in [0.25, 0.3) is 5.56 Å². The first-order valence-electron chi connectivity index (χ1n) is 11.0. The summed E-state index contributed by atoms with van der Waals surface area (Å²) in [7, 11) is 0. The maximum absolute atomic E-state index is 13.3. The van der Waals surface area contributed by atoms with Gasteiger partial charge in [-0.1, -0.05) is 66.2 Å². The number of nitrogens with zero attached hydrogens (tertiary/aromatic N) is 2. The lowest BCUT2D eigenvalue weighted by molar-refractivity contribution is -0.137. The molecule has 0 spiro atoms. The highest BCUT2D eigenvalue weighted by Crippen LogP contribution is 2.34. The van der Waals surface area contributed by atoms with Crippen molar-refractivity contribution >= 4 is 44.7 Å². The molecule has 0 aliphatic heterocycles. The van der Waals surface area contributed by atoms with Crippen molar-refractivity contribution in [2.24, 2.45) is 0 Å². The number of hydrogen-bond donors (Lipinski definition) is 1. The minimum atomic E-state index is -4.59. The average Bonchev–Trinajstić information content (AvgIpc) is 3.32. The zero-order valence-electron chi connectivity index (χ0n) is 18.9. The number of carbonyl (C=O) groups is 1. The summed E-state index contributed by atoms with van der Waals surface area (Å²) in [6, 6.07) is 20.3. The Morgan fingerprint density at radius 2 is 1.65 bits per heavy atom. The Labute approximate surface area is 217 Å². The van der Waals surface area contributed by atoms with Crippen molar-refractivity contribution in [2.45, 2.75) is 12.7 Å². The zero-order chi connectivity index (χ0) is 26.2. The lowest BCUT2D eigenvalue weighted by Gasteiger charge is -2.12. The summed E-state index contributed by atoms with van der Waals surface area (Å²) in [5.41, 5.74) is 2.03. The van der Waals surface area contributed by atoms with E-state index in [1.807, 2.05) is 60.0 Å². The number of nitrogens with one attached hydrogen (secondary N) is 1. The first kappa shape index (κ1) is 24.7. The van der Waals surface area contributed by atoms with E-state index in [-0.39, 0.29) is 10.7 Å². The van der Waals surface area contributed by atoms with E-state index in [1.54, 1.807) is 0 Å². The van der Waals surface area contributed by atoms with E-state index in [4.69, 9.17) is 11.6 Å². The second-order valence-electron chi connectivity index (χ2n) is 8.19. The van der Waals surface area contributed by atoms with Gasteiger partial charge in [-0.05, 0) is 34.9 Å². The van der Waals surface area contributed by atoms with E-state index in [2.05, 4.69) is 10.3 Å². The largest absolute Gasteiger partial charge is 0.416 e. The molecule has 0 fully saturated rings. The molecule has 2 aromatic heterocycles. The van der Waals surface area contributed by atoms with Gasteiger partial charge in [-0.15, -0.1) is 11.3 Å². The van der Waals surface area contributed by atoms with Gasteiger partial charge in [-0.3, -0.25) is 14.2 Å². The third-order valence-electron chi connectivity index (χ3n) is 5.75. The molecule has 5 nitrogen and oxygen atoms in total. The van der Waals surface area contributed by atoms with Gasteiger partial charge in [0.2, 0.25) is 5.91 Å². The van der Waals surface area contributed by atoms with Crippen LogP contribution in [0.1, 0.15) is 5.56 Å². The minimum absolute atomic E-state index is 0.0543. The van der Waals surface area contributed by atoms with Crippen LogP contribution in [-0.2, 0) is 17.5 Å². The summed E-state index contributed by atoms with van der Waals surface area (Å²) in [4.78, 5) is 30.7. The molecule has 0 bridgehead atoms. The normalized spacial score (nSPS) is 11.6. The number of hydrogen-bond acceptors (Lipinski definition) is 4. The molecule has 0 unspecified atom stereocenters. The van der Waals surface area contributed by atoms with Crippen LogP contribution in [0.15, 0.2) is 89.3 Å². The van der Waals surface area contributed by atoms with E-state index in [9.17, 15) is 22.8 Å². The fraction of sp³-hybridized carbons (Fsp3) is 0.0741. The van der Waals surface area contributed by atoms with E-state index in [1.165, 1.54) is 17.7 Å². The molecule has 10 heteroatoms. The van der Waals surface area contributed by atoms with Crippen LogP contribution in [0, 0.1) is 0 Å². The quantitative estimate of drug-likeness (QED) is 0.259. The maximum Gasteiger partial charge on any atom is 0.416 e. The summed E-state index contributed by atoms with van der Waals surface area (Å²) in [5.74, 6) is -0.714. The van der Waals surface area contributed by atoms with Gasteiger partial charge < -0.3 is 5.32 Å². The molecular formula is C27H17ClF3N3O2S. The minimum Gasteiger partial charge on any atom is -0.323 e. The second kappa shape index (κ2) is 9.84. The van der Waals surface area contributed by atoms with Crippen molar-refractivity contribution in [3.05, 3.63) is 105 Å². The van der Waals surface area contributed by atoms with Gasteiger partial charge in [-0.25, -0.2) is 4.98 Å². The molecule has 0 radical (unpaired) electrons. The summed E-state index contributed by atoms with van der Waals surface area (Å²) >= 11 is 7.28. The van der Waals surface area contributed by atoms with Crippen LogP contribution < -0.4 is 10.9 Å². The summed E-state index contributed by atoms with van der Waals surface area (Å²) in [6.07, 6.45) is -3.35. The molecule has 0 atom stereocenters. The van der Waals surface area contributed by atoms with E-state index >= 15 is 0 Å². The molecule has 5 rings (SSSR count). The van der Waals surface area contributed by atoms with Crippen LogP contribution in [0.25, 0.3) is 32.5 Å². The molecule has 0 saturated carbocycles. The molecule has 1 amide bonds. The first-order chi connectivity index (χ1) is 17.7. The highest BCUT2D eigenvalue weighted by molar-refractivity contribution is 7.17. The number of carbonyl (C=O) groups excluding carboxylic acids is 1. The third-order valence-corrected chi connectivity index (χ3v) is 6.96. The van der Waals surface area contributed by atoms with Gasteiger partial charge >= 0.3 is 6.18 Å². The number of rotatable bonds is 5. The zero-order valence-corrected chi connectivity index (χ0v) is 20.5. The Kier molecular flexibility index (Phi) is 6.57. The van der Waals surface area contributed by atoms with Crippen LogP contribution in [-0.4, -0.2) is 15.5 Å². The Bertz CT molecular complexity index is 1660. The number of aromatic nitrogens is 2. The third kappa shape index (κ3) is 5.14. The highest BCUT2D eigenvalue weighted by atomic mass is 35.5. The van der Waals surface area contributed by atoms with Crippen molar-refractivity contribution in [2.75, 3.05) is 5.32 Å². The van der Waals surface area contributed by atoms with Crippen molar-refractivity contribution < 1.29 is 18.0 Å². The molecule has 0 saturated heterocycles. The van der Waals surface area contributed by atoms with Gasteiger partial charge in [0.05, 0.1) is 28.0 Å². The van der Waals surface area contributed by atoms with Crippen LogP contribution in [0.3, 0.4) is 0 Å². The molecule has 2 heterocycles. The second-order valence-corrected chi connectivity index (χ2v) is 9.46. The molecular weight excluding hydrogens is 523 g/mol. The Morgan fingerprint density at radius 3 is 2.35 bits per heavy atom. The number of amides is 1. The Morgan fingerprint density at radius 1 is 0.973 bits per heavy atom. The molecule has 37 heavy (non-hydrogen) atoms. The number of benzene rings is 3. The first-order valence-corrected chi connectivity index (χ1v) is 12.3. The molecule has 0 aliphatic carbocycles. The topological polar surface area (TPSA) is 64.0 Å². The van der Waals surface area contributed by atoms with E-state index < -0.39 is 29.8 Å². The number of halogens is 4. The number of fused-ring (bicyclic) bond motifs is 1. The molecule has 186 valence electrons. The predicted octanol–water partition coefficient (Wildman–Crippen LogP) is 7.10. The SMILES string of the molecule is O=C(Cn1cnc2scc(-c3ccc(-c4ccccc4)cc3)c2c1=O)Nc1cc(C(F)(F)F)ccc1Cl. The van der Waals surface area contributed by atoms with Crippen molar-refractivity contribution in [1.29, 1.82) is 0 Å². The van der Waals surface area contributed by atoms with Gasteiger partial charge in [0.15, 0.2) is 0 Å². The number of alkyl halides is 3. The van der Waals surface area contributed by atoms with Crippen molar-refractivity contribution in [3.8, 4) is 22.3 Å². The van der Waals surface area contributed by atoms with Crippen molar-refractivity contribution in [3.63, 3.8) is 0 Å². The molecule has 3 aromatic carbocycles. The lowest BCUT2D eigenvalue weighted by atomic mass is 10.0. The summed E-state index contributed by atoms with van der Waals surface area (Å²) in [6.45, 7) is -0.448. The average molecular weight is 540 g/mol. The maximum atomic E-state index is 13.3. The fourth-order valence-electron chi connectivity index (χ4n) is 3.91. The molecule has 1 N–H and O–H groups in total.